The van der Waals surface area contributed by atoms with Gasteiger partial charge < -0.3 is 15.5 Å². The molecule has 0 aliphatic heterocycles. The highest BCUT2D eigenvalue weighted by Crippen LogP contribution is 2.19. The average molecular weight is 298 g/mol. The van der Waals surface area contributed by atoms with Gasteiger partial charge in [0.25, 0.3) is 0 Å². The molecular weight excluding hydrogens is 274 g/mol. The van der Waals surface area contributed by atoms with Gasteiger partial charge in [0, 0.05) is 13.1 Å². The zero-order valence-electron chi connectivity index (χ0n) is 12.3. The molecule has 112 valence electrons. The lowest BCUT2D eigenvalue weighted by Gasteiger charge is -2.19. The normalized spacial score (nSPS) is 10.8. The first-order valence-corrected chi connectivity index (χ1v) is 7.52. The minimum absolute atomic E-state index is 0.0726. The van der Waals surface area contributed by atoms with Gasteiger partial charge >= 0.3 is 0 Å². The second-order valence-corrected chi connectivity index (χ2v) is 5.05. The van der Waals surface area contributed by atoms with E-state index in [4.69, 9.17) is 11.6 Å². The summed E-state index contributed by atoms with van der Waals surface area (Å²) in [6.45, 7) is 8.54. The summed E-state index contributed by atoms with van der Waals surface area (Å²) in [5, 5.41) is 6.50. The van der Waals surface area contributed by atoms with E-state index in [-0.39, 0.29) is 5.91 Å². The number of rotatable bonds is 9. The summed E-state index contributed by atoms with van der Waals surface area (Å²) in [5.41, 5.74) is 0.655. The Bertz CT molecular complexity index is 412. The van der Waals surface area contributed by atoms with Crippen molar-refractivity contribution < 1.29 is 4.79 Å². The number of anilines is 1. The first-order chi connectivity index (χ1) is 9.67. The highest BCUT2D eigenvalue weighted by Gasteiger charge is 2.05. The van der Waals surface area contributed by atoms with Crippen LogP contribution in [0.25, 0.3) is 0 Å². The molecule has 4 nitrogen and oxygen atoms in total. The van der Waals surface area contributed by atoms with Crippen LogP contribution in [0.4, 0.5) is 5.69 Å². The molecule has 1 aromatic rings. The van der Waals surface area contributed by atoms with Crippen LogP contribution in [0.2, 0.25) is 5.02 Å². The van der Waals surface area contributed by atoms with Crippen molar-refractivity contribution in [1.82, 2.24) is 10.2 Å². The number of hydrogen-bond acceptors (Lipinski definition) is 3. The highest BCUT2D eigenvalue weighted by molar-refractivity contribution is 6.33. The fraction of sp³-hybridized carbons (Fsp3) is 0.533. The Hall–Kier alpha value is -1.10. The SMILES string of the molecule is CCCN(CC)CCNCC(=O)Nc1ccccc1Cl. The number of carbonyl (C=O) groups is 1. The number of hydrogen-bond donors (Lipinski definition) is 2. The van der Waals surface area contributed by atoms with E-state index in [2.05, 4.69) is 29.4 Å². The fourth-order valence-corrected chi connectivity index (χ4v) is 2.12. The molecule has 2 N–H and O–H groups in total. The van der Waals surface area contributed by atoms with E-state index in [1.54, 1.807) is 12.1 Å². The Kier molecular flexibility index (Phi) is 8.26. The summed E-state index contributed by atoms with van der Waals surface area (Å²) in [6.07, 6.45) is 1.15. The first-order valence-electron chi connectivity index (χ1n) is 7.14. The smallest absolute Gasteiger partial charge is 0.238 e. The van der Waals surface area contributed by atoms with Gasteiger partial charge in [-0.2, -0.15) is 0 Å². The van der Waals surface area contributed by atoms with Crippen molar-refractivity contribution in [2.24, 2.45) is 0 Å². The van der Waals surface area contributed by atoms with Gasteiger partial charge in [0.05, 0.1) is 17.3 Å². The van der Waals surface area contributed by atoms with Gasteiger partial charge in [-0.25, -0.2) is 0 Å². The average Bonchev–Trinajstić information content (AvgIpc) is 2.44. The third-order valence-corrected chi connectivity index (χ3v) is 3.35. The predicted molar refractivity (Wildman–Crippen MR) is 85.4 cm³/mol. The Labute approximate surface area is 126 Å². The molecule has 1 aromatic carbocycles. The molecule has 0 heterocycles. The van der Waals surface area contributed by atoms with Crippen LogP contribution in [0.1, 0.15) is 20.3 Å². The van der Waals surface area contributed by atoms with E-state index in [9.17, 15) is 4.79 Å². The Morgan fingerprint density at radius 2 is 2.00 bits per heavy atom. The van der Waals surface area contributed by atoms with Crippen LogP contribution >= 0.6 is 11.6 Å². The van der Waals surface area contributed by atoms with E-state index in [0.29, 0.717) is 17.3 Å². The molecule has 0 saturated carbocycles. The fourth-order valence-electron chi connectivity index (χ4n) is 1.94. The van der Waals surface area contributed by atoms with Crippen molar-refractivity contribution in [2.45, 2.75) is 20.3 Å². The van der Waals surface area contributed by atoms with Crippen molar-refractivity contribution in [1.29, 1.82) is 0 Å². The van der Waals surface area contributed by atoms with Gasteiger partial charge in [0.2, 0.25) is 5.91 Å². The molecule has 0 spiro atoms. The Morgan fingerprint density at radius 3 is 2.65 bits per heavy atom. The molecule has 0 atom stereocenters. The molecule has 0 bridgehead atoms. The zero-order valence-corrected chi connectivity index (χ0v) is 13.0. The first kappa shape index (κ1) is 17.0. The number of nitrogens with zero attached hydrogens (tertiary/aromatic N) is 1. The standard InChI is InChI=1S/C15H24ClN3O/c1-3-10-19(4-2)11-9-17-12-15(20)18-14-8-6-5-7-13(14)16/h5-8,17H,3-4,9-12H2,1-2H3,(H,18,20). The van der Waals surface area contributed by atoms with Gasteiger partial charge in [-0.3, -0.25) is 4.79 Å². The Balaban J connectivity index is 2.22. The predicted octanol–water partition coefficient (Wildman–Crippen LogP) is 2.60. The van der Waals surface area contributed by atoms with E-state index in [0.717, 1.165) is 32.6 Å². The van der Waals surface area contributed by atoms with Crippen molar-refractivity contribution in [3.8, 4) is 0 Å². The lowest BCUT2D eigenvalue weighted by Crippen LogP contribution is -2.36. The number of amides is 1. The molecule has 0 aliphatic carbocycles. The minimum Gasteiger partial charge on any atom is -0.324 e. The van der Waals surface area contributed by atoms with Gasteiger partial charge in [0.15, 0.2) is 0 Å². The summed E-state index contributed by atoms with van der Waals surface area (Å²) in [7, 11) is 0. The van der Waals surface area contributed by atoms with Gasteiger partial charge in [-0.15, -0.1) is 0 Å². The molecule has 0 saturated heterocycles. The van der Waals surface area contributed by atoms with Crippen LogP contribution in [0.15, 0.2) is 24.3 Å². The van der Waals surface area contributed by atoms with E-state index in [1.807, 2.05) is 12.1 Å². The van der Waals surface area contributed by atoms with E-state index >= 15 is 0 Å². The third kappa shape index (κ3) is 6.37. The zero-order chi connectivity index (χ0) is 14.8. The van der Waals surface area contributed by atoms with Crippen LogP contribution in [0, 0.1) is 0 Å². The molecule has 0 aliphatic rings. The van der Waals surface area contributed by atoms with Crippen molar-refractivity contribution in [2.75, 3.05) is 38.0 Å². The third-order valence-electron chi connectivity index (χ3n) is 3.03. The van der Waals surface area contributed by atoms with Crippen LogP contribution < -0.4 is 10.6 Å². The molecule has 5 heteroatoms. The lowest BCUT2D eigenvalue weighted by atomic mass is 10.3. The van der Waals surface area contributed by atoms with Gasteiger partial charge in [-0.05, 0) is 31.6 Å². The molecule has 0 unspecified atom stereocenters. The number of benzene rings is 1. The van der Waals surface area contributed by atoms with Gasteiger partial charge in [-0.1, -0.05) is 37.6 Å². The number of nitrogens with one attached hydrogen (secondary N) is 2. The number of carbonyl (C=O) groups excluding carboxylic acids is 1. The quantitative estimate of drug-likeness (QED) is 0.689. The molecule has 1 rings (SSSR count). The largest absolute Gasteiger partial charge is 0.324 e. The summed E-state index contributed by atoms with van der Waals surface area (Å²) < 4.78 is 0. The van der Waals surface area contributed by atoms with Crippen LogP contribution in [-0.4, -0.2) is 43.5 Å². The molecule has 0 fully saturated rings. The monoisotopic (exact) mass is 297 g/mol. The summed E-state index contributed by atoms with van der Waals surface area (Å²) in [4.78, 5) is 14.1. The summed E-state index contributed by atoms with van der Waals surface area (Å²) in [5.74, 6) is -0.0726. The molecule has 1 amide bonds. The van der Waals surface area contributed by atoms with Crippen molar-refractivity contribution in [3.63, 3.8) is 0 Å². The topological polar surface area (TPSA) is 44.4 Å². The van der Waals surface area contributed by atoms with Crippen LogP contribution in [0.3, 0.4) is 0 Å². The second kappa shape index (κ2) is 9.75. The summed E-state index contributed by atoms with van der Waals surface area (Å²) >= 11 is 5.98. The minimum atomic E-state index is -0.0726. The van der Waals surface area contributed by atoms with E-state index < -0.39 is 0 Å². The summed E-state index contributed by atoms with van der Waals surface area (Å²) in [6, 6.07) is 7.23. The van der Waals surface area contributed by atoms with E-state index in [1.165, 1.54) is 0 Å². The number of halogens is 1. The number of para-hydroxylation sites is 1. The maximum absolute atomic E-state index is 11.8. The van der Waals surface area contributed by atoms with Crippen molar-refractivity contribution in [3.05, 3.63) is 29.3 Å². The van der Waals surface area contributed by atoms with Crippen LogP contribution in [0.5, 0.6) is 0 Å². The Morgan fingerprint density at radius 1 is 1.25 bits per heavy atom. The molecule has 0 aromatic heterocycles. The molecule has 0 radical (unpaired) electrons. The maximum atomic E-state index is 11.8. The number of likely N-dealkylation sites (N-methyl/N-ethyl adjacent to an activating group) is 1. The maximum Gasteiger partial charge on any atom is 0.238 e. The van der Waals surface area contributed by atoms with Crippen LogP contribution in [-0.2, 0) is 4.79 Å². The highest BCUT2D eigenvalue weighted by atomic mass is 35.5. The van der Waals surface area contributed by atoms with Gasteiger partial charge in [0.1, 0.15) is 0 Å². The second-order valence-electron chi connectivity index (χ2n) is 4.64. The molecule has 20 heavy (non-hydrogen) atoms. The van der Waals surface area contributed by atoms with Crippen molar-refractivity contribution >= 4 is 23.2 Å². The lowest BCUT2D eigenvalue weighted by molar-refractivity contribution is -0.115. The molecular formula is C15H24ClN3O.